The largest absolute Gasteiger partial charge is 0.494 e. The average molecular weight is 425 g/mol. The van der Waals surface area contributed by atoms with Gasteiger partial charge in [0.2, 0.25) is 15.9 Å². The number of hydrogen-bond donors (Lipinski definition) is 1. The van der Waals surface area contributed by atoms with E-state index in [9.17, 15) is 13.2 Å². The van der Waals surface area contributed by atoms with Crippen LogP contribution in [0.15, 0.2) is 42.5 Å². The van der Waals surface area contributed by atoms with Gasteiger partial charge in [0, 0.05) is 5.02 Å². The first-order valence-electron chi connectivity index (χ1n) is 8.88. The summed E-state index contributed by atoms with van der Waals surface area (Å²) < 4.78 is 31.0. The summed E-state index contributed by atoms with van der Waals surface area (Å²) in [6, 6.07) is 12.1. The molecule has 1 amide bonds. The molecule has 28 heavy (non-hydrogen) atoms. The minimum absolute atomic E-state index is 0.287. The number of carbonyl (C=O) groups is 1. The average Bonchev–Trinajstić information content (AvgIpc) is 2.62. The van der Waals surface area contributed by atoms with Gasteiger partial charge in [0.05, 0.1) is 24.6 Å². The van der Waals surface area contributed by atoms with Crippen molar-refractivity contribution in [1.82, 2.24) is 5.32 Å². The predicted octanol–water partition coefficient (Wildman–Crippen LogP) is 3.69. The van der Waals surface area contributed by atoms with Crippen molar-refractivity contribution in [2.24, 2.45) is 0 Å². The summed E-state index contributed by atoms with van der Waals surface area (Å²) in [6.07, 6.45) is 1.07. The molecule has 0 spiro atoms. The molecule has 0 aliphatic rings. The number of ether oxygens (including phenoxy) is 1. The van der Waals surface area contributed by atoms with Crippen molar-refractivity contribution < 1.29 is 17.9 Å². The minimum atomic E-state index is -3.67. The first-order chi connectivity index (χ1) is 13.1. The summed E-state index contributed by atoms with van der Waals surface area (Å²) in [5.74, 6) is 0.343. The Morgan fingerprint density at radius 1 is 1.21 bits per heavy atom. The molecular formula is C20H25ClN2O4S. The van der Waals surface area contributed by atoms with Crippen molar-refractivity contribution >= 4 is 33.2 Å². The maximum absolute atomic E-state index is 12.5. The molecule has 0 fully saturated rings. The SMILES string of the molecule is CCOc1ccc(C(C)NC(=O)CN(c2cccc(Cl)c2C)S(C)(=O)=O)cc1. The third-order valence-electron chi connectivity index (χ3n) is 4.26. The summed E-state index contributed by atoms with van der Waals surface area (Å²) in [6.45, 7) is 5.71. The fraction of sp³-hybridized carbons (Fsp3) is 0.350. The maximum Gasteiger partial charge on any atom is 0.241 e. The van der Waals surface area contributed by atoms with E-state index in [0.717, 1.165) is 21.9 Å². The highest BCUT2D eigenvalue weighted by Gasteiger charge is 2.24. The lowest BCUT2D eigenvalue weighted by Gasteiger charge is -2.25. The van der Waals surface area contributed by atoms with Gasteiger partial charge in [0.15, 0.2) is 0 Å². The number of amides is 1. The molecule has 0 aliphatic carbocycles. The first kappa shape index (κ1) is 22.0. The monoisotopic (exact) mass is 424 g/mol. The number of benzene rings is 2. The highest BCUT2D eigenvalue weighted by Crippen LogP contribution is 2.28. The number of rotatable bonds is 8. The lowest BCUT2D eigenvalue weighted by Crippen LogP contribution is -2.41. The molecule has 152 valence electrons. The molecule has 8 heteroatoms. The molecule has 0 heterocycles. The zero-order valence-electron chi connectivity index (χ0n) is 16.4. The van der Waals surface area contributed by atoms with Crippen molar-refractivity contribution in [2.45, 2.75) is 26.8 Å². The van der Waals surface area contributed by atoms with E-state index in [1.54, 1.807) is 25.1 Å². The van der Waals surface area contributed by atoms with Crippen molar-refractivity contribution in [1.29, 1.82) is 0 Å². The van der Waals surface area contributed by atoms with Gasteiger partial charge in [0.1, 0.15) is 12.3 Å². The van der Waals surface area contributed by atoms with Crippen molar-refractivity contribution in [3.05, 3.63) is 58.6 Å². The zero-order valence-corrected chi connectivity index (χ0v) is 18.0. The summed E-state index contributed by atoms with van der Waals surface area (Å²) in [4.78, 5) is 12.5. The second-order valence-corrected chi connectivity index (χ2v) is 8.76. The third-order valence-corrected chi connectivity index (χ3v) is 5.80. The van der Waals surface area contributed by atoms with Crippen molar-refractivity contribution in [3.63, 3.8) is 0 Å². The van der Waals surface area contributed by atoms with Crippen LogP contribution in [0.4, 0.5) is 5.69 Å². The van der Waals surface area contributed by atoms with Crippen molar-refractivity contribution in [3.8, 4) is 5.75 Å². The van der Waals surface area contributed by atoms with Crippen LogP contribution in [0.3, 0.4) is 0 Å². The predicted molar refractivity (Wildman–Crippen MR) is 113 cm³/mol. The molecule has 1 N–H and O–H groups in total. The Labute approximate surface area is 171 Å². The van der Waals surface area contributed by atoms with Crippen LogP contribution in [0, 0.1) is 6.92 Å². The fourth-order valence-electron chi connectivity index (χ4n) is 2.77. The number of nitrogens with one attached hydrogen (secondary N) is 1. The summed E-state index contributed by atoms with van der Waals surface area (Å²) in [5.41, 5.74) is 1.88. The van der Waals surface area contributed by atoms with Gasteiger partial charge in [-0.25, -0.2) is 8.42 Å². The Morgan fingerprint density at radius 2 is 1.86 bits per heavy atom. The Morgan fingerprint density at radius 3 is 2.43 bits per heavy atom. The van der Waals surface area contributed by atoms with Crippen LogP contribution in [-0.4, -0.2) is 33.7 Å². The highest BCUT2D eigenvalue weighted by molar-refractivity contribution is 7.92. The van der Waals surface area contributed by atoms with E-state index in [0.29, 0.717) is 22.9 Å². The van der Waals surface area contributed by atoms with Crippen LogP contribution in [0.25, 0.3) is 0 Å². The summed E-state index contributed by atoms with van der Waals surface area (Å²) in [5, 5.41) is 3.27. The topological polar surface area (TPSA) is 75.7 Å². The molecular weight excluding hydrogens is 400 g/mol. The molecule has 0 saturated carbocycles. The van der Waals surface area contributed by atoms with Crippen LogP contribution in [0.5, 0.6) is 5.75 Å². The molecule has 1 atom stereocenters. The van der Waals surface area contributed by atoms with E-state index in [4.69, 9.17) is 16.3 Å². The Hall–Kier alpha value is -2.25. The van der Waals surface area contributed by atoms with E-state index in [1.807, 2.05) is 38.1 Å². The number of carbonyl (C=O) groups excluding carboxylic acids is 1. The van der Waals surface area contributed by atoms with E-state index in [-0.39, 0.29) is 12.6 Å². The van der Waals surface area contributed by atoms with E-state index >= 15 is 0 Å². The van der Waals surface area contributed by atoms with Gasteiger partial charge >= 0.3 is 0 Å². The molecule has 0 saturated heterocycles. The summed E-state index contributed by atoms with van der Waals surface area (Å²) in [7, 11) is -3.67. The van der Waals surface area contributed by atoms with Gasteiger partial charge in [0.25, 0.3) is 0 Å². The number of sulfonamides is 1. The van der Waals surface area contributed by atoms with Gasteiger partial charge in [-0.2, -0.15) is 0 Å². The third kappa shape index (κ3) is 5.62. The molecule has 2 aromatic rings. The number of anilines is 1. The fourth-order valence-corrected chi connectivity index (χ4v) is 3.84. The van der Waals surface area contributed by atoms with E-state index in [1.165, 1.54) is 0 Å². The molecule has 0 aliphatic heterocycles. The Kier molecular flexibility index (Phi) is 7.32. The van der Waals surface area contributed by atoms with Crippen LogP contribution < -0.4 is 14.4 Å². The normalized spacial score (nSPS) is 12.3. The standard InChI is InChI=1S/C20H25ClN2O4S/c1-5-27-17-11-9-16(10-12-17)15(3)22-20(24)13-23(28(4,25)26)19-8-6-7-18(21)14(19)2/h6-12,15H,5,13H2,1-4H3,(H,22,24). The van der Waals surface area contributed by atoms with Gasteiger partial charge < -0.3 is 10.1 Å². The van der Waals surface area contributed by atoms with Crippen LogP contribution >= 0.6 is 11.6 Å². The van der Waals surface area contributed by atoms with Gasteiger partial charge in [-0.1, -0.05) is 29.8 Å². The van der Waals surface area contributed by atoms with Crippen LogP contribution in [-0.2, 0) is 14.8 Å². The molecule has 2 rings (SSSR count). The maximum atomic E-state index is 12.5. The lowest BCUT2D eigenvalue weighted by molar-refractivity contribution is -0.120. The second-order valence-electron chi connectivity index (χ2n) is 6.44. The molecule has 2 aromatic carbocycles. The molecule has 1 unspecified atom stereocenters. The molecule has 0 radical (unpaired) electrons. The number of hydrogen-bond acceptors (Lipinski definition) is 4. The van der Waals surface area contributed by atoms with Crippen LogP contribution in [0.1, 0.15) is 31.0 Å². The summed E-state index contributed by atoms with van der Waals surface area (Å²) >= 11 is 6.11. The minimum Gasteiger partial charge on any atom is -0.494 e. The van der Waals surface area contributed by atoms with E-state index in [2.05, 4.69) is 5.32 Å². The lowest BCUT2D eigenvalue weighted by atomic mass is 10.1. The second kappa shape index (κ2) is 9.30. The molecule has 0 aromatic heterocycles. The molecule has 6 nitrogen and oxygen atoms in total. The number of nitrogens with zero attached hydrogens (tertiary/aromatic N) is 1. The van der Waals surface area contributed by atoms with Gasteiger partial charge in [-0.15, -0.1) is 0 Å². The van der Waals surface area contributed by atoms with Crippen LogP contribution in [0.2, 0.25) is 5.02 Å². The Balaban J connectivity index is 2.14. The highest BCUT2D eigenvalue weighted by atomic mass is 35.5. The van der Waals surface area contributed by atoms with Gasteiger partial charge in [-0.05, 0) is 56.2 Å². The Bertz CT molecular complexity index is 930. The van der Waals surface area contributed by atoms with Gasteiger partial charge in [-0.3, -0.25) is 9.10 Å². The quantitative estimate of drug-likeness (QED) is 0.701. The van der Waals surface area contributed by atoms with E-state index < -0.39 is 15.9 Å². The van der Waals surface area contributed by atoms with Crippen molar-refractivity contribution in [2.75, 3.05) is 23.7 Å². The first-order valence-corrected chi connectivity index (χ1v) is 11.1. The smallest absolute Gasteiger partial charge is 0.241 e. The number of halogens is 1. The zero-order chi connectivity index (χ0) is 20.9. The molecule has 0 bridgehead atoms.